The molecule has 2 unspecified atom stereocenters. The van der Waals surface area contributed by atoms with Crippen LogP contribution in [0.3, 0.4) is 0 Å². The lowest BCUT2D eigenvalue weighted by Gasteiger charge is -2.47. The second kappa shape index (κ2) is 7.01. The number of thiophene rings is 1. The van der Waals surface area contributed by atoms with Crippen LogP contribution in [0.2, 0.25) is 0 Å². The largest absolute Gasteiger partial charge is 0.435 e. The molecule has 4 heterocycles. The fourth-order valence-electron chi connectivity index (χ4n) is 4.82. The van der Waals surface area contributed by atoms with E-state index in [9.17, 15) is 4.79 Å². The molecule has 2 aliphatic rings. The summed E-state index contributed by atoms with van der Waals surface area (Å²) < 4.78 is 5.96. The van der Waals surface area contributed by atoms with Crippen molar-refractivity contribution in [2.24, 2.45) is 0 Å². The van der Waals surface area contributed by atoms with Crippen molar-refractivity contribution in [1.29, 1.82) is 0 Å². The fraction of sp³-hybridized carbons (Fsp3) is 0.455. The van der Waals surface area contributed by atoms with E-state index in [0.717, 1.165) is 23.3 Å². The molecule has 2 aromatic heterocycles. The summed E-state index contributed by atoms with van der Waals surface area (Å²) in [6.07, 6.45) is 5.85. The Morgan fingerprint density at radius 3 is 2.75 bits per heavy atom. The van der Waals surface area contributed by atoms with Gasteiger partial charge in [0.05, 0.1) is 10.4 Å². The zero-order chi connectivity index (χ0) is 19.3. The highest BCUT2D eigenvalue weighted by Crippen LogP contribution is 2.34. The molecule has 3 aromatic rings. The number of hydrogen-bond donors (Lipinski definition) is 1. The summed E-state index contributed by atoms with van der Waals surface area (Å²) in [5.41, 5.74) is 3.05. The molecule has 2 bridgehead atoms. The molecule has 0 radical (unpaired) electrons. The van der Waals surface area contributed by atoms with E-state index in [1.165, 1.54) is 19.3 Å². The van der Waals surface area contributed by atoms with Crippen molar-refractivity contribution in [2.45, 2.75) is 57.2 Å². The number of nitrogens with zero attached hydrogens (tertiary/aromatic N) is 2. The van der Waals surface area contributed by atoms with Gasteiger partial charge >= 0.3 is 0 Å². The van der Waals surface area contributed by atoms with Crippen molar-refractivity contribution < 1.29 is 9.21 Å². The molecule has 6 heteroatoms. The Labute approximate surface area is 168 Å². The van der Waals surface area contributed by atoms with E-state index in [1.54, 1.807) is 11.3 Å². The van der Waals surface area contributed by atoms with Crippen LogP contribution in [0.25, 0.3) is 21.9 Å². The second-order valence-electron chi connectivity index (χ2n) is 8.15. The van der Waals surface area contributed by atoms with Crippen LogP contribution in [0.4, 0.5) is 0 Å². The molecule has 1 aromatic carbocycles. The van der Waals surface area contributed by atoms with E-state index in [2.05, 4.69) is 28.3 Å². The average Bonchev–Trinajstić information content (AvgIpc) is 3.27. The SMILES string of the molecule is Cc1ccsc1-c1nc2c(C(=O)NC3CC4CCCC(C3)N4C)cccc2o1. The van der Waals surface area contributed by atoms with Gasteiger partial charge in [0, 0.05) is 18.1 Å². The first-order valence-corrected chi connectivity index (χ1v) is 10.9. The van der Waals surface area contributed by atoms with E-state index in [0.29, 0.717) is 34.6 Å². The van der Waals surface area contributed by atoms with Crippen molar-refractivity contribution >= 4 is 28.3 Å². The molecule has 5 nitrogen and oxygen atoms in total. The van der Waals surface area contributed by atoms with Gasteiger partial charge in [-0.3, -0.25) is 4.79 Å². The summed E-state index contributed by atoms with van der Waals surface area (Å²) in [6, 6.07) is 9.08. The number of amides is 1. The third-order valence-electron chi connectivity index (χ3n) is 6.39. The first kappa shape index (κ1) is 17.9. The zero-order valence-corrected chi connectivity index (χ0v) is 17.1. The highest BCUT2D eigenvalue weighted by molar-refractivity contribution is 7.13. The molecule has 2 aliphatic heterocycles. The lowest BCUT2D eigenvalue weighted by molar-refractivity contribution is 0.0463. The van der Waals surface area contributed by atoms with E-state index < -0.39 is 0 Å². The van der Waals surface area contributed by atoms with Gasteiger partial charge in [-0.05, 0) is 68.8 Å². The normalized spacial score (nSPS) is 25.1. The highest BCUT2D eigenvalue weighted by Gasteiger charge is 2.36. The number of hydrogen-bond acceptors (Lipinski definition) is 5. The Morgan fingerprint density at radius 2 is 2.04 bits per heavy atom. The average molecular weight is 396 g/mol. The number of rotatable bonds is 3. The minimum Gasteiger partial charge on any atom is -0.435 e. The smallest absolute Gasteiger partial charge is 0.253 e. The van der Waals surface area contributed by atoms with Crippen LogP contribution < -0.4 is 5.32 Å². The summed E-state index contributed by atoms with van der Waals surface area (Å²) in [5, 5.41) is 5.32. The number of aryl methyl sites for hydroxylation is 1. The van der Waals surface area contributed by atoms with Crippen molar-refractivity contribution in [3.63, 3.8) is 0 Å². The van der Waals surface area contributed by atoms with E-state index in [1.807, 2.05) is 30.5 Å². The third kappa shape index (κ3) is 3.05. The highest BCUT2D eigenvalue weighted by atomic mass is 32.1. The molecule has 2 fully saturated rings. The molecule has 0 spiro atoms. The standard InChI is InChI=1S/C22H25N3O2S/c1-13-9-10-28-20(13)22-24-19-17(7-4-8-18(19)27-22)21(26)23-14-11-15-5-3-6-16(12-14)25(15)2/h4,7-10,14-16H,3,5-6,11-12H2,1-2H3,(H,23,26). The van der Waals surface area contributed by atoms with Crippen molar-refractivity contribution in [3.8, 4) is 10.8 Å². The number of fused-ring (bicyclic) bond motifs is 3. The van der Waals surface area contributed by atoms with Gasteiger partial charge < -0.3 is 14.6 Å². The van der Waals surface area contributed by atoms with Crippen LogP contribution in [0.15, 0.2) is 34.1 Å². The molecule has 0 saturated carbocycles. The Balaban J connectivity index is 1.40. The Hall–Kier alpha value is -2.18. The molecule has 5 rings (SSSR count). The molecular weight excluding hydrogens is 370 g/mol. The number of aromatic nitrogens is 1. The summed E-state index contributed by atoms with van der Waals surface area (Å²) in [4.78, 5) is 21.3. The first-order valence-electron chi connectivity index (χ1n) is 10.1. The maximum atomic E-state index is 13.1. The Morgan fingerprint density at radius 1 is 1.25 bits per heavy atom. The Kier molecular flexibility index (Phi) is 4.48. The quantitative estimate of drug-likeness (QED) is 0.704. The van der Waals surface area contributed by atoms with Gasteiger partial charge in [0.1, 0.15) is 5.52 Å². The predicted molar refractivity (Wildman–Crippen MR) is 112 cm³/mol. The van der Waals surface area contributed by atoms with Crippen LogP contribution in [-0.2, 0) is 0 Å². The predicted octanol–water partition coefficient (Wildman–Crippen LogP) is 4.61. The Bertz CT molecular complexity index is 1010. The molecule has 2 atom stereocenters. The monoisotopic (exact) mass is 395 g/mol. The molecule has 1 N–H and O–H groups in total. The maximum Gasteiger partial charge on any atom is 0.253 e. The summed E-state index contributed by atoms with van der Waals surface area (Å²) >= 11 is 1.61. The van der Waals surface area contributed by atoms with E-state index in [-0.39, 0.29) is 11.9 Å². The number of nitrogens with one attached hydrogen (secondary N) is 1. The second-order valence-corrected chi connectivity index (χ2v) is 9.07. The van der Waals surface area contributed by atoms with Gasteiger partial charge in [0.25, 0.3) is 5.91 Å². The topological polar surface area (TPSA) is 58.4 Å². The molecule has 146 valence electrons. The van der Waals surface area contributed by atoms with Crippen molar-refractivity contribution in [1.82, 2.24) is 15.2 Å². The van der Waals surface area contributed by atoms with Gasteiger partial charge in [-0.2, -0.15) is 0 Å². The third-order valence-corrected chi connectivity index (χ3v) is 7.40. The zero-order valence-electron chi connectivity index (χ0n) is 16.3. The molecular formula is C22H25N3O2S. The molecule has 0 aliphatic carbocycles. The van der Waals surface area contributed by atoms with Gasteiger partial charge in [-0.1, -0.05) is 12.5 Å². The van der Waals surface area contributed by atoms with Crippen molar-refractivity contribution in [2.75, 3.05) is 7.05 Å². The lowest BCUT2D eigenvalue weighted by Crippen LogP contribution is -2.55. The van der Waals surface area contributed by atoms with E-state index in [4.69, 9.17) is 4.42 Å². The number of piperidine rings is 2. The molecule has 2 saturated heterocycles. The molecule has 28 heavy (non-hydrogen) atoms. The number of benzene rings is 1. The summed E-state index contributed by atoms with van der Waals surface area (Å²) in [6.45, 7) is 2.05. The van der Waals surface area contributed by atoms with Crippen LogP contribution in [0, 0.1) is 6.92 Å². The van der Waals surface area contributed by atoms with Gasteiger partial charge in [-0.15, -0.1) is 11.3 Å². The summed E-state index contributed by atoms with van der Waals surface area (Å²) in [7, 11) is 2.23. The minimum atomic E-state index is -0.0408. The van der Waals surface area contributed by atoms with Crippen molar-refractivity contribution in [3.05, 3.63) is 40.8 Å². The molecule has 1 amide bonds. The van der Waals surface area contributed by atoms with Crippen LogP contribution >= 0.6 is 11.3 Å². The minimum absolute atomic E-state index is 0.0408. The van der Waals surface area contributed by atoms with Gasteiger partial charge in [0.2, 0.25) is 5.89 Å². The van der Waals surface area contributed by atoms with Crippen LogP contribution in [-0.4, -0.2) is 41.0 Å². The van der Waals surface area contributed by atoms with E-state index >= 15 is 0 Å². The number of carbonyl (C=O) groups excluding carboxylic acids is 1. The number of carbonyl (C=O) groups is 1. The van der Waals surface area contributed by atoms with Crippen LogP contribution in [0.5, 0.6) is 0 Å². The lowest BCUT2D eigenvalue weighted by atomic mass is 9.82. The fourth-order valence-corrected chi connectivity index (χ4v) is 5.67. The maximum absolute atomic E-state index is 13.1. The van der Waals surface area contributed by atoms with Gasteiger partial charge in [0.15, 0.2) is 5.58 Å². The van der Waals surface area contributed by atoms with Gasteiger partial charge in [-0.25, -0.2) is 4.98 Å². The summed E-state index contributed by atoms with van der Waals surface area (Å²) in [5.74, 6) is 0.553. The number of para-hydroxylation sites is 1. The van der Waals surface area contributed by atoms with Crippen LogP contribution in [0.1, 0.15) is 48.0 Å². The number of oxazole rings is 1. The first-order chi connectivity index (χ1) is 13.6.